The van der Waals surface area contributed by atoms with Gasteiger partial charge >= 0.3 is 0 Å². The predicted octanol–water partition coefficient (Wildman–Crippen LogP) is 26.6. The summed E-state index contributed by atoms with van der Waals surface area (Å²) in [6, 6.07) is 118. The second-order valence-electron chi connectivity index (χ2n) is 27.3. The number of para-hydroxylation sites is 18. The van der Waals surface area contributed by atoms with Crippen molar-refractivity contribution in [1.29, 1.82) is 0 Å². The van der Waals surface area contributed by atoms with Crippen molar-refractivity contribution in [3.05, 3.63) is 362 Å². The highest BCUT2D eigenvalue weighted by Gasteiger charge is 2.25. The molecule has 1 aliphatic carbocycles. The summed E-state index contributed by atoms with van der Waals surface area (Å²) < 4.78 is 17.6. The Bertz CT molecular complexity index is 6460. The summed E-state index contributed by atoms with van der Waals surface area (Å²) >= 11 is 0. The van der Waals surface area contributed by atoms with Gasteiger partial charge in [-0.05, 0) is 165 Å². The van der Waals surface area contributed by atoms with E-state index in [9.17, 15) is 0 Å². The van der Waals surface area contributed by atoms with Crippen molar-refractivity contribution in [3.8, 4) is 55.9 Å². The number of aryl methyl sites for hydroxylation is 3. The minimum Gasteiger partial charge on any atom is -0.313 e. The van der Waals surface area contributed by atoms with E-state index in [0.717, 1.165) is 69.4 Å². The number of imidazole rings is 8. The zero-order valence-corrected chi connectivity index (χ0v) is 69.1. The first-order valence-corrected chi connectivity index (χ1v) is 41.3. The van der Waals surface area contributed by atoms with Crippen LogP contribution in [0.3, 0.4) is 0 Å². The molecule has 0 fully saturated rings. The first kappa shape index (κ1) is 78.1. The zero-order chi connectivity index (χ0) is 81.2. The fraction of sp³-hybridized carbons (Fsp3) is 0.144. The molecule has 13 heteroatoms. The Labute approximate surface area is 684 Å². The van der Waals surface area contributed by atoms with Gasteiger partial charge in [0.15, 0.2) is 0 Å². The number of hydrogen-bond acceptors (Lipinski definition) is 5. The van der Waals surface area contributed by atoms with Crippen LogP contribution in [0.5, 0.6) is 0 Å². The molecule has 0 spiro atoms. The Hall–Kier alpha value is -14.2. The predicted molar refractivity (Wildman–Crippen MR) is 494 cm³/mol. The lowest BCUT2D eigenvalue weighted by molar-refractivity contribution is 0.973. The molecule has 3 aliphatic rings. The second kappa shape index (κ2) is 35.1. The van der Waals surface area contributed by atoms with E-state index in [1.165, 1.54) is 128 Å². The maximum absolute atomic E-state index is 4.68. The third-order valence-electron chi connectivity index (χ3n) is 21.3. The molecule has 0 saturated carbocycles. The molecule has 13 nitrogen and oxygen atoms in total. The van der Waals surface area contributed by atoms with Gasteiger partial charge < -0.3 is 13.7 Å². The number of aromatic nitrogens is 13. The summed E-state index contributed by atoms with van der Waals surface area (Å²) in [5, 5.41) is 0. The fourth-order valence-electron chi connectivity index (χ4n) is 16.4. The molecule has 8 aromatic heterocycles. The highest BCUT2D eigenvalue weighted by Crippen LogP contribution is 2.47. The van der Waals surface area contributed by atoms with Crippen molar-refractivity contribution < 1.29 is 0 Å². The summed E-state index contributed by atoms with van der Waals surface area (Å²) in [5.41, 5.74) is 34.2. The van der Waals surface area contributed by atoms with Gasteiger partial charge in [0.1, 0.15) is 11.6 Å². The molecular weight excluding hydrogens is 1430 g/mol. The summed E-state index contributed by atoms with van der Waals surface area (Å²) in [7, 11) is 6.18. The average Bonchev–Trinajstić information content (AvgIpc) is 1.45. The van der Waals surface area contributed by atoms with Crippen LogP contribution >= 0.6 is 0 Å². The van der Waals surface area contributed by atoms with Gasteiger partial charge in [0.2, 0.25) is 17.3 Å². The number of hydrogen-bond donors (Lipinski definition) is 0. The van der Waals surface area contributed by atoms with Crippen LogP contribution < -0.4 is 0 Å². The highest BCUT2D eigenvalue weighted by atomic mass is 15.2. The molecule has 25 rings (SSSR count). The Kier molecular flexibility index (Phi) is 23.4. The molecule has 2 aliphatic heterocycles. The van der Waals surface area contributed by atoms with Gasteiger partial charge in [-0.3, -0.25) is 22.3 Å². The quantitative estimate of drug-likeness (QED) is 0.150. The molecule has 0 unspecified atom stereocenters. The molecule has 117 heavy (non-hydrogen) atoms. The van der Waals surface area contributed by atoms with Crippen molar-refractivity contribution in [3.63, 3.8) is 0 Å². The van der Waals surface area contributed by atoms with Gasteiger partial charge in [-0.2, -0.15) is 0 Å². The zero-order valence-electron chi connectivity index (χ0n) is 69.1. The van der Waals surface area contributed by atoms with E-state index in [1.807, 2.05) is 99.6 Å². The Morgan fingerprint density at radius 2 is 0.376 bits per heavy atom. The van der Waals surface area contributed by atoms with Crippen LogP contribution in [-0.2, 0) is 34.0 Å². The Morgan fingerprint density at radius 3 is 0.632 bits per heavy atom. The smallest absolute Gasteiger partial charge is 0.215 e. The third kappa shape index (κ3) is 14.1. The van der Waals surface area contributed by atoms with Crippen LogP contribution in [0.4, 0.5) is 0 Å². The van der Waals surface area contributed by atoms with Gasteiger partial charge in [-0.1, -0.05) is 300 Å². The minimum atomic E-state index is 0.949. The maximum Gasteiger partial charge on any atom is 0.215 e. The standard InChI is InChI=1S/C24H16.3C14H11N3.2C14H10N2.5C2H6/c1-2-10-18-17(9-1)19-11-3-4-13-21(19)23-15-7-8-16-24(23)22-14-6-5-12-20(18)22;3*1-16-12-8-4-5-9-13(12)17-11-7-3-2-6-10(11)15-14(16)17;2*1-3-7-12-10(5-1)9-14-15-11-6-2-4-8-13(11)16(12)14;5*1-2/h1-16H;3*2-9H,1H3;2*1-8H,9H2;5*1-2H3. The molecule has 580 valence electrons. The van der Waals surface area contributed by atoms with E-state index in [0.29, 0.717) is 0 Å². The van der Waals surface area contributed by atoms with Crippen LogP contribution in [-0.4, -0.2) is 61.0 Å². The van der Waals surface area contributed by atoms with Crippen LogP contribution in [0, 0.1) is 0 Å². The first-order valence-electron chi connectivity index (χ1n) is 41.3. The summed E-state index contributed by atoms with van der Waals surface area (Å²) in [6.45, 7) is 20.0. The van der Waals surface area contributed by atoms with Crippen LogP contribution in [0.1, 0.15) is 92.0 Å². The molecule has 10 heterocycles. The van der Waals surface area contributed by atoms with Gasteiger partial charge in [0.05, 0.1) is 99.6 Å². The Morgan fingerprint density at radius 1 is 0.188 bits per heavy atom. The molecule has 0 saturated heterocycles. The number of nitrogens with zero attached hydrogens (tertiary/aromatic N) is 13. The number of benzene rings is 14. The van der Waals surface area contributed by atoms with Crippen molar-refractivity contribution in [1.82, 2.24) is 61.0 Å². The Balaban J connectivity index is 0.000000108. The molecule has 22 aromatic rings. The van der Waals surface area contributed by atoms with Crippen LogP contribution in [0.2, 0.25) is 0 Å². The van der Waals surface area contributed by atoms with Crippen LogP contribution in [0.15, 0.2) is 340 Å². The first-order chi connectivity index (χ1) is 57.9. The molecule has 0 N–H and O–H groups in total. The molecule has 0 atom stereocenters. The SMILES string of the molecule is CC.CC.CC.CC.CC.Cn1c2ccccc2n2c3ccccc3nc12.Cn1c2ccccc2n2c3ccccc3nc12.Cn1c2ccccc2n2c3ccccc3nc12.c1ccc2c(c1)-c1ccccc1-c1ccccc1-c1ccccc1-2.c1ccc2c(c1)Cc1nc3ccccc3n1-2.c1ccc2c(c1)Cc1nc3ccccc3n1-2. The molecule has 0 radical (unpaired) electrons. The van der Waals surface area contributed by atoms with E-state index < -0.39 is 0 Å². The second-order valence-corrected chi connectivity index (χ2v) is 27.3. The summed E-state index contributed by atoms with van der Waals surface area (Å²) in [5.74, 6) is 5.29. The largest absolute Gasteiger partial charge is 0.313 e. The highest BCUT2D eigenvalue weighted by molar-refractivity contribution is 6.03. The van der Waals surface area contributed by atoms with Gasteiger partial charge in [0, 0.05) is 34.0 Å². The minimum absolute atomic E-state index is 0.949. The summed E-state index contributed by atoms with van der Waals surface area (Å²) in [6.07, 6.45) is 1.90. The van der Waals surface area contributed by atoms with E-state index in [2.05, 4.69) is 391 Å². The average molecular weight is 1530 g/mol. The van der Waals surface area contributed by atoms with Crippen molar-refractivity contribution in [2.24, 2.45) is 21.1 Å². The summed E-state index contributed by atoms with van der Waals surface area (Å²) in [4.78, 5) is 23.4. The normalized spacial score (nSPS) is 11.2. The van der Waals surface area contributed by atoms with E-state index in [4.69, 9.17) is 0 Å². The lowest BCUT2D eigenvalue weighted by Crippen LogP contribution is -1.96. The molecule has 0 bridgehead atoms. The van der Waals surface area contributed by atoms with Crippen molar-refractivity contribution >= 4 is 106 Å². The van der Waals surface area contributed by atoms with Crippen molar-refractivity contribution in [2.75, 3.05) is 0 Å². The van der Waals surface area contributed by atoms with Crippen molar-refractivity contribution in [2.45, 2.75) is 82.1 Å². The van der Waals surface area contributed by atoms with Gasteiger partial charge in [-0.15, -0.1) is 0 Å². The molecular formula is C104H99N13. The van der Waals surface area contributed by atoms with Gasteiger partial charge in [-0.25, -0.2) is 24.9 Å². The topological polar surface area (TPSA) is 102 Å². The number of fused-ring (bicyclic) bond motifs is 33. The van der Waals surface area contributed by atoms with Gasteiger partial charge in [0.25, 0.3) is 0 Å². The van der Waals surface area contributed by atoms with Crippen LogP contribution in [0.25, 0.3) is 161 Å². The lowest BCUT2D eigenvalue weighted by Gasteiger charge is -2.22. The monoisotopic (exact) mass is 1530 g/mol. The lowest BCUT2D eigenvalue weighted by atomic mass is 9.81. The number of rotatable bonds is 0. The molecule has 14 aromatic carbocycles. The molecule has 0 amide bonds. The van der Waals surface area contributed by atoms with E-state index >= 15 is 0 Å². The fourth-order valence-corrected chi connectivity index (χ4v) is 16.4. The third-order valence-corrected chi connectivity index (χ3v) is 21.3. The van der Waals surface area contributed by atoms with E-state index in [-0.39, 0.29) is 0 Å². The maximum atomic E-state index is 4.68. The van der Waals surface area contributed by atoms with E-state index in [1.54, 1.807) is 0 Å².